The molecule has 5 heteroatoms. The number of nitrogens with one attached hydrogen (secondary N) is 1. The van der Waals surface area contributed by atoms with Crippen molar-refractivity contribution in [2.24, 2.45) is 0 Å². The summed E-state index contributed by atoms with van der Waals surface area (Å²) in [5, 5.41) is 3.10. The van der Waals surface area contributed by atoms with Gasteiger partial charge in [0, 0.05) is 13.0 Å². The molecule has 0 aliphatic carbocycles. The van der Waals surface area contributed by atoms with E-state index in [1.54, 1.807) is 6.20 Å². The maximum atomic E-state index is 11.4. The van der Waals surface area contributed by atoms with Crippen molar-refractivity contribution in [3.63, 3.8) is 0 Å². The predicted octanol–water partition coefficient (Wildman–Crippen LogP) is 2.06. The summed E-state index contributed by atoms with van der Waals surface area (Å²) in [5.41, 5.74) is -0.421. The van der Waals surface area contributed by atoms with Crippen LogP contribution in [0.3, 0.4) is 0 Å². The second-order valence-corrected chi connectivity index (χ2v) is 5.09. The number of esters is 1. The number of nitrogens with zero attached hydrogens (tertiary/aromatic N) is 1. The van der Waals surface area contributed by atoms with Crippen molar-refractivity contribution in [3.05, 3.63) is 17.8 Å². The second-order valence-electron chi connectivity index (χ2n) is 5.09. The normalized spacial score (nSPS) is 11.6. The van der Waals surface area contributed by atoms with Crippen molar-refractivity contribution in [2.75, 3.05) is 6.54 Å². The highest BCUT2D eigenvalue weighted by molar-refractivity contribution is 5.70. The van der Waals surface area contributed by atoms with Gasteiger partial charge in [-0.15, -0.1) is 0 Å². The van der Waals surface area contributed by atoms with Gasteiger partial charge in [-0.3, -0.25) is 4.79 Å². The monoisotopic (exact) mass is 254 g/mol. The van der Waals surface area contributed by atoms with E-state index in [1.807, 2.05) is 27.7 Å². The highest BCUT2D eigenvalue weighted by Gasteiger charge is 2.15. The van der Waals surface area contributed by atoms with Crippen LogP contribution in [0.5, 0.6) is 0 Å². The molecular weight excluding hydrogens is 232 g/mol. The summed E-state index contributed by atoms with van der Waals surface area (Å²) in [6.45, 7) is 8.67. The number of oxazole rings is 1. The molecule has 0 aliphatic heterocycles. The quantitative estimate of drug-likeness (QED) is 0.622. The van der Waals surface area contributed by atoms with Crippen LogP contribution in [0.4, 0.5) is 0 Å². The number of ether oxygens (including phenoxy) is 1. The maximum Gasteiger partial charge on any atom is 0.307 e. The van der Waals surface area contributed by atoms with Gasteiger partial charge >= 0.3 is 5.97 Å². The highest BCUT2D eigenvalue weighted by Crippen LogP contribution is 2.08. The van der Waals surface area contributed by atoms with Gasteiger partial charge in [0.15, 0.2) is 0 Å². The lowest BCUT2D eigenvalue weighted by atomic mass is 10.2. The number of rotatable bonds is 6. The van der Waals surface area contributed by atoms with Crippen molar-refractivity contribution < 1.29 is 13.9 Å². The molecule has 0 fully saturated rings. The van der Waals surface area contributed by atoms with Gasteiger partial charge in [0.1, 0.15) is 11.4 Å². The summed E-state index contributed by atoms with van der Waals surface area (Å²) in [6.07, 6.45) is 2.91. The second kappa shape index (κ2) is 6.54. The summed E-state index contributed by atoms with van der Waals surface area (Å²) >= 11 is 0. The fourth-order valence-corrected chi connectivity index (χ4v) is 1.37. The molecule has 5 nitrogen and oxygen atoms in total. The van der Waals surface area contributed by atoms with E-state index in [-0.39, 0.29) is 5.97 Å². The lowest BCUT2D eigenvalue weighted by molar-refractivity contribution is -0.154. The van der Waals surface area contributed by atoms with E-state index in [1.165, 1.54) is 0 Å². The van der Waals surface area contributed by atoms with Crippen molar-refractivity contribution in [3.8, 4) is 0 Å². The minimum atomic E-state index is -0.421. The Balaban J connectivity index is 2.17. The van der Waals surface area contributed by atoms with Gasteiger partial charge in [0.2, 0.25) is 5.89 Å². The zero-order chi connectivity index (χ0) is 13.6. The Labute approximate surface area is 108 Å². The van der Waals surface area contributed by atoms with Gasteiger partial charge < -0.3 is 14.5 Å². The van der Waals surface area contributed by atoms with E-state index >= 15 is 0 Å². The van der Waals surface area contributed by atoms with Gasteiger partial charge in [0.25, 0.3) is 0 Å². The van der Waals surface area contributed by atoms with Crippen LogP contribution >= 0.6 is 0 Å². The number of hydrogen-bond acceptors (Lipinski definition) is 5. The van der Waals surface area contributed by atoms with Gasteiger partial charge in [-0.25, -0.2) is 4.98 Å². The first-order valence-corrected chi connectivity index (χ1v) is 6.27. The first-order chi connectivity index (χ1) is 8.40. The zero-order valence-corrected chi connectivity index (χ0v) is 11.6. The zero-order valence-electron chi connectivity index (χ0n) is 11.6. The largest absolute Gasteiger partial charge is 0.460 e. The third kappa shape index (κ3) is 5.82. The molecule has 1 heterocycles. The Kier molecular flexibility index (Phi) is 5.34. The summed E-state index contributed by atoms with van der Waals surface area (Å²) in [5.74, 6) is 1.33. The average Bonchev–Trinajstić information content (AvgIpc) is 2.70. The third-order valence-electron chi connectivity index (χ3n) is 2.15. The Morgan fingerprint density at radius 2 is 2.22 bits per heavy atom. The van der Waals surface area contributed by atoms with Gasteiger partial charge in [-0.05, 0) is 20.8 Å². The number of hydrogen-bond donors (Lipinski definition) is 1. The van der Waals surface area contributed by atoms with Crippen molar-refractivity contribution in [2.45, 2.75) is 52.7 Å². The molecule has 0 aliphatic rings. The number of aryl methyl sites for hydroxylation is 1. The van der Waals surface area contributed by atoms with E-state index < -0.39 is 5.60 Å². The lowest BCUT2D eigenvalue weighted by Gasteiger charge is -2.19. The molecule has 0 radical (unpaired) electrons. The van der Waals surface area contributed by atoms with Crippen molar-refractivity contribution in [1.29, 1.82) is 0 Å². The molecule has 0 saturated heterocycles. The predicted molar refractivity (Wildman–Crippen MR) is 68.0 cm³/mol. The van der Waals surface area contributed by atoms with Crippen molar-refractivity contribution >= 4 is 5.97 Å². The third-order valence-corrected chi connectivity index (χ3v) is 2.15. The van der Waals surface area contributed by atoms with Crippen LogP contribution < -0.4 is 5.32 Å². The average molecular weight is 254 g/mol. The molecular formula is C13H22N2O3. The van der Waals surface area contributed by atoms with E-state index in [0.717, 1.165) is 12.2 Å². The Morgan fingerprint density at radius 3 is 2.78 bits per heavy atom. The summed E-state index contributed by atoms with van der Waals surface area (Å²) in [7, 11) is 0. The molecule has 0 saturated carbocycles. The number of carbonyl (C=O) groups is 1. The maximum absolute atomic E-state index is 11.4. The van der Waals surface area contributed by atoms with Crippen molar-refractivity contribution in [1.82, 2.24) is 10.3 Å². The summed E-state index contributed by atoms with van der Waals surface area (Å²) in [6, 6.07) is 0. The van der Waals surface area contributed by atoms with Crippen LogP contribution in [-0.4, -0.2) is 23.1 Å². The van der Waals surface area contributed by atoms with E-state index in [0.29, 0.717) is 25.4 Å². The smallest absolute Gasteiger partial charge is 0.307 e. The fourth-order valence-electron chi connectivity index (χ4n) is 1.37. The van der Waals surface area contributed by atoms with Gasteiger partial charge in [-0.1, -0.05) is 6.92 Å². The highest BCUT2D eigenvalue weighted by atomic mass is 16.6. The minimum Gasteiger partial charge on any atom is -0.460 e. The van der Waals surface area contributed by atoms with Crippen LogP contribution in [0.25, 0.3) is 0 Å². The Morgan fingerprint density at radius 1 is 1.50 bits per heavy atom. The SMILES string of the molecule is CCc1cnc(CNCCC(=O)OC(C)(C)C)o1. The number of carbonyl (C=O) groups excluding carboxylic acids is 1. The molecule has 0 aromatic carbocycles. The van der Waals surface area contributed by atoms with Gasteiger partial charge in [0.05, 0.1) is 19.2 Å². The lowest BCUT2D eigenvalue weighted by Crippen LogP contribution is -2.26. The molecule has 102 valence electrons. The Hall–Kier alpha value is -1.36. The minimum absolute atomic E-state index is 0.198. The molecule has 0 atom stereocenters. The van der Waals surface area contributed by atoms with E-state index in [2.05, 4.69) is 10.3 Å². The summed E-state index contributed by atoms with van der Waals surface area (Å²) in [4.78, 5) is 15.5. The molecule has 0 bridgehead atoms. The number of aromatic nitrogens is 1. The molecule has 1 rings (SSSR count). The van der Waals surface area contributed by atoms with Gasteiger partial charge in [-0.2, -0.15) is 0 Å². The van der Waals surface area contributed by atoms with Crippen LogP contribution in [0, 0.1) is 0 Å². The summed E-state index contributed by atoms with van der Waals surface area (Å²) < 4.78 is 10.6. The van der Waals surface area contributed by atoms with E-state index in [4.69, 9.17) is 9.15 Å². The molecule has 1 N–H and O–H groups in total. The van der Waals surface area contributed by atoms with Crippen LogP contribution in [0.15, 0.2) is 10.6 Å². The fraction of sp³-hybridized carbons (Fsp3) is 0.692. The molecule has 1 aromatic heterocycles. The molecule has 0 spiro atoms. The van der Waals surface area contributed by atoms with Crippen LogP contribution in [0.1, 0.15) is 45.8 Å². The topological polar surface area (TPSA) is 64.4 Å². The van der Waals surface area contributed by atoms with Crippen LogP contribution in [-0.2, 0) is 22.5 Å². The van der Waals surface area contributed by atoms with E-state index in [9.17, 15) is 4.79 Å². The Bertz CT molecular complexity index is 380. The van der Waals surface area contributed by atoms with Crippen LogP contribution in [0.2, 0.25) is 0 Å². The molecule has 0 amide bonds. The first-order valence-electron chi connectivity index (χ1n) is 6.27. The molecule has 0 unspecified atom stereocenters. The standard InChI is InChI=1S/C13H22N2O3/c1-5-10-8-15-11(17-10)9-14-7-6-12(16)18-13(2,3)4/h8,14H,5-7,9H2,1-4H3. The first kappa shape index (κ1) is 14.7. The molecule has 1 aromatic rings. The molecule has 18 heavy (non-hydrogen) atoms.